The molecule has 0 N–H and O–H groups in total. The average Bonchev–Trinajstić information content (AvgIpc) is 3.10. The maximum absolute atomic E-state index is 13.0. The number of esters is 3. The number of rotatable bonds is 21. The lowest BCUT2D eigenvalue weighted by molar-refractivity contribution is -0.184. The first-order valence-electron chi connectivity index (χ1n) is 16.3. The van der Waals surface area contributed by atoms with Gasteiger partial charge in [0, 0.05) is 17.3 Å². The van der Waals surface area contributed by atoms with Crippen molar-refractivity contribution < 1.29 is 53.8 Å². The summed E-state index contributed by atoms with van der Waals surface area (Å²) in [4.78, 5) is 38.7. The number of hydrogen-bond acceptors (Lipinski definition) is 15. The van der Waals surface area contributed by atoms with Crippen LogP contribution in [0.2, 0.25) is 0 Å². The van der Waals surface area contributed by atoms with Crippen LogP contribution in [0.1, 0.15) is 49.3 Å². The van der Waals surface area contributed by atoms with E-state index in [4.69, 9.17) is 14.2 Å². The third kappa shape index (κ3) is 14.6. The van der Waals surface area contributed by atoms with Crippen molar-refractivity contribution in [3.05, 3.63) is 89.5 Å². The Balaban J connectivity index is 1.61. The fourth-order valence-electron chi connectivity index (χ4n) is 4.26. The number of carbonyl (C=O) groups is 3. The summed E-state index contributed by atoms with van der Waals surface area (Å²) < 4.78 is 92.5. The third-order valence-electron chi connectivity index (χ3n) is 7.53. The quantitative estimate of drug-likeness (QED) is 0.0668. The van der Waals surface area contributed by atoms with Crippen molar-refractivity contribution in [1.82, 2.24) is 0 Å². The van der Waals surface area contributed by atoms with Crippen LogP contribution in [-0.2, 0) is 55.2 Å². The Morgan fingerprint density at radius 2 is 0.792 bits per heavy atom. The number of aryl methyl sites for hydroxylation is 3. The second-order valence-electron chi connectivity index (χ2n) is 11.8. The van der Waals surface area contributed by atoms with Crippen LogP contribution in [-0.4, -0.2) is 79.2 Å². The molecule has 0 saturated heterocycles. The van der Waals surface area contributed by atoms with E-state index in [0.717, 1.165) is 16.7 Å². The first kappa shape index (κ1) is 44.4. The molecule has 0 aliphatic rings. The molecule has 18 heteroatoms. The number of carbonyl (C=O) groups excluding carboxylic acids is 3. The lowest BCUT2D eigenvalue weighted by atomic mass is 10.0. The Morgan fingerprint density at radius 1 is 0.509 bits per heavy atom. The molecule has 0 amide bonds. The van der Waals surface area contributed by atoms with E-state index in [0.29, 0.717) is 32.4 Å². The van der Waals surface area contributed by atoms with Gasteiger partial charge in [0.1, 0.15) is 13.2 Å². The molecule has 0 bridgehead atoms. The van der Waals surface area contributed by atoms with Crippen molar-refractivity contribution in [1.29, 1.82) is 0 Å². The van der Waals surface area contributed by atoms with E-state index >= 15 is 0 Å². The molecule has 0 aliphatic carbocycles. The minimum Gasteiger partial charge on any atom is -0.461 e. The molecule has 0 radical (unpaired) electrons. The summed E-state index contributed by atoms with van der Waals surface area (Å²) >= 11 is 0. The van der Waals surface area contributed by atoms with Crippen molar-refractivity contribution in [3.8, 4) is 0 Å². The average molecular weight is 847 g/mol. The molecule has 3 rings (SSSR count). The Bertz CT molecular complexity index is 1930. The van der Waals surface area contributed by atoms with Crippen LogP contribution in [0, 0.1) is 20.8 Å². The van der Waals surface area contributed by atoms with Gasteiger partial charge in [-0.05, 0) is 96.0 Å². The number of hydrogen-bond donors (Lipinski definition) is 0. The fourth-order valence-corrected chi connectivity index (χ4v) is 12.4. The van der Waals surface area contributed by atoms with Gasteiger partial charge in [-0.2, -0.15) is 0 Å². The molecule has 3 aromatic carbocycles. The number of ether oxygens (including phenoxy) is 3. The minimum atomic E-state index is -3.76. The van der Waals surface area contributed by atoms with Gasteiger partial charge in [0.25, 0.3) is 0 Å². The molecule has 12 nitrogen and oxygen atoms in total. The van der Waals surface area contributed by atoms with Gasteiger partial charge in [-0.3, -0.25) is 14.4 Å². The molecule has 0 aliphatic heterocycles. The van der Waals surface area contributed by atoms with Crippen molar-refractivity contribution in [2.75, 3.05) is 30.5 Å². The third-order valence-corrected chi connectivity index (χ3v) is 18.1. The van der Waals surface area contributed by atoms with Gasteiger partial charge in [0.05, 0.1) is 33.9 Å². The molecule has 290 valence electrons. The highest BCUT2D eigenvalue weighted by atomic mass is 33.1. The van der Waals surface area contributed by atoms with Crippen LogP contribution >= 0.6 is 32.4 Å². The van der Waals surface area contributed by atoms with Gasteiger partial charge in [0.15, 0.2) is 5.60 Å². The second-order valence-corrected chi connectivity index (χ2v) is 24.0. The van der Waals surface area contributed by atoms with E-state index in [1.54, 1.807) is 43.3 Å². The van der Waals surface area contributed by atoms with Gasteiger partial charge >= 0.3 is 17.9 Å². The van der Waals surface area contributed by atoms with E-state index in [2.05, 4.69) is 0 Å². The molecule has 0 unspecified atom stereocenters. The van der Waals surface area contributed by atoms with Crippen LogP contribution in [0.15, 0.2) is 87.5 Å². The SMILES string of the molecule is CCC(COC(=O)CCSS(=O)(=O)c1ccc(C)cc1)(COC(=O)CCSS(=O)(=O)c1ccc(C)cc1)OC(=O)CCSS(=O)(=O)c1ccc(C)cc1. The molecular formula is C35H42O12S6. The van der Waals surface area contributed by atoms with Gasteiger partial charge in [-0.15, -0.1) is 0 Å². The van der Waals surface area contributed by atoms with E-state index in [-0.39, 0.29) is 57.6 Å². The van der Waals surface area contributed by atoms with Crippen molar-refractivity contribution in [3.63, 3.8) is 0 Å². The summed E-state index contributed by atoms with van der Waals surface area (Å²) in [6.07, 6.45) is -0.950. The van der Waals surface area contributed by atoms with Crippen LogP contribution in [0.3, 0.4) is 0 Å². The van der Waals surface area contributed by atoms with Crippen molar-refractivity contribution in [2.24, 2.45) is 0 Å². The standard InChI is InChI=1S/C35H42O12S6/c1-5-35(47-34(38)20-23-50-53(43,44)31-16-10-28(4)11-17-31,24-45-32(36)18-21-48-51(39,40)29-12-6-26(2)7-13-29)25-46-33(37)19-22-49-52(41,42)30-14-8-27(3)9-15-30/h6-17H,5,18-25H2,1-4H3. The van der Waals surface area contributed by atoms with Crippen LogP contribution in [0.4, 0.5) is 0 Å². The monoisotopic (exact) mass is 846 g/mol. The summed E-state index contributed by atoms with van der Waals surface area (Å²) in [6.45, 7) is 5.96. The largest absolute Gasteiger partial charge is 0.461 e. The maximum Gasteiger partial charge on any atom is 0.307 e. The zero-order chi connectivity index (χ0) is 39.3. The lowest BCUT2D eigenvalue weighted by Crippen LogP contribution is -2.45. The van der Waals surface area contributed by atoms with E-state index in [9.17, 15) is 39.6 Å². The molecule has 0 spiro atoms. The molecule has 0 heterocycles. The molecule has 0 aromatic heterocycles. The van der Waals surface area contributed by atoms with Crippen LogP contribution in [0.25, 0.3) is 0 Å². The Hall–Kier alpha value is -3.03. The summed E-state index contributed by atoms with van der Waals surface area (Å²) in [7, 11) is -9.53. The summed E-state index contributed by atoms with van der Waals surface area (Å²) in [5.74, 6) is -2.85. The summed E-state index contributed by atoms with van der Waals surface area (Å²) in [5.41, 5.74) is 0.982. The van der Waals surface area contributed by atoms with E-state index in [1.807, 2.05) is 20.8 Å². The van der Waals surface area contributed by atoms with Crippen LogP contribution < -0.4 is 0 Å². The highest BCUT2D eigenvalue weighted by Gasteiger charge is 2.37. The first-order chi connectivity index (χ1) is 24.9. The zero-order valence-corrected chi connectivity index (χ0v) is 34.5. The summed E-state index contributed by atoms with van der Waals surface area (Å²) in [5, 5.41) is 0. The normalized spacial score (nSPS) is 12.2. The first-order valence-corrected chi connectivity index (χ1v) is 25.2. The van der Waals surface area contributed by atoms with Crippen molar-refractivity contribution in [2.45, 2.75) is 73.7 Å². The van der Waals surface area contributed by atoms with Gasteiger partial charge in [-0.25, -0.2) is 25.3 Å². The zero-order valence-electron chi connectivity index (χ0n) is 29.6. The Morgan fingerprint density at radius 3 is 1.08 bits per heavy atom. The van der Waals surface area contributed by atoms with Gasteiger partial charge in [-0.1, -0.05) is 60.0 Å². The summed E-state index contributed by atoms with van der Waals surface area (Å²) in [6, 6.07) is 18.8. The highest BCUT2D eigenvalue weighted by molar-refractivity contribution is 8.72. The Labute approximate surface area is 322 Å². The molecule has 0 saturated carbocycles. The van der Waals surface area contributed by atoms with Gasteiger partial charge in [0.2, 0.25) is 26.6 Å². The predicted octanol–water partition coefficient (Wildman–Crippen LogP) is 6.23. The molecular weight excluding hydrogens is 805 g/mol. The predicted molar refractivity (Wildman–Crippen MR) is 207 cm³/mol. The number of benzene rings is 3. The maximum atomic E-state index is 13.0. The fraction of sp³-hybridized carbons (Fsp3) is 0.400. The lowest BCUT2D eigenvalue weighted by Gasteiger charge is -2.31. The second kappa shape index (κ2) is 20.0. The van der Waals surface area contributed by atoms with E-state index < -0.39 is 63.3 Å². The smallest absolute Gasteiger partial charge is 0.307 e. The Kier molecular flexibility index (Phi) is 16.8. The molecule has 0 fully saturated rings. The highest BCUT2D eigenvalue weighted by Crippen LogP contribution is 2.28. The molecule has 3 aromatic rings. The topological polar surface area (TPSA) is 181 Å². The van der Waals surface area contributed by atoms with E-state index in [1.165, 1.54) is 36.4 Å². The van der Waals surface area contributed by atoms with Gasteiger partial charge < -0.3 is 14.2 Å². The molecule has 0 atom stereocenters. The van der Waals surface area contributed by atoms with Crippen molar-refractivity contribution >= 4 is 76.9 Å². The molecule has 53 heavy (non-hydrogen) atoms. The minimum absolute atomic E-state index is 0.00120. The van der Waals surface area contributed by atoms with Crippen LogP contribution in [0.5, 0.6) is 0 Å².